The fraction of sp³-hybridized carbons (Fsp3) is 0.240. The van der Waals surface area contributed by atoms with Crippen LogP contribution in [0.1, 0.15) is 23.4 Å². The van der Waals surface area contributed by atoms with Crippen LogP contribution in [0.5, 0.6) is 11.5 Å². The van der Waals surface area contributed by atoms with Crippen molar-refractivity contribution in [1.82, 2.24) is 15.3 Å². The van der Waals surface area contributed by atoms with Crippen LogP contribution in [0, 0.1) is 0 Å². The van der Waals surface area contributed by atoms with Crippen LogP contribution in [0.25, 0.3) is 11.0 Å². The summed E-state index contributed by atoms with van der Waals surface area (Å²) in [5.41, 5.74) is 3.92. The Hall–Kier alpha value is -2.44. The quantitative estimate of drug-likeness (QED) is 0.232. The molecule has 0 unspecified atom stereocenters. The van der Waals surface area contributed by atoms with Crippen LogP contribution >= 0.6 is 34.8 Å². The third kappa shape index (κ3) is 6.12. The van der Waals surface area contributed by atoms with Gasteiger partial charge in [0, 0.05) is 24.1 Å². The third-order valence-electron chi connectivity index (χ3n) is 5.23. The lowest BCUT2D eigenvalue weighted by Crippen LogP contribution is -2.16. The van der Waals surface area contributed by atoms with Gasteiger partial charge in [-0.3, -0.25) is 0 Å². The molecule has 0 radical (unpaired) electrons. The first-order valence-electron chi connectivity index (χ1n) is 10.6. The SMILES string of the molecule is COc1cc(CNCCCc2nc3ccccc3[nH]2)c(Cl)cc1OCc1ccc(Cl)c(Cl)c1. The summed E-state index contributed by atoms with van der Waals surface area (Å²) in [5, 5.41) is 5.05. The van der Waals surface area contributed by atoms with Crippen molar-refractivity contribution >= 4 is 45.8 Å². The highest BCUT2D eigenvalue weighted by Crippen LogP contribution is 2.34. The van der Waals surface area contributed by atoms with Crippen molar-refractivity contribution < 1.29 is 9.47 Å². The Kier molecular flexibility index (Phi) is 7.99. The van der Waals surface area contributed by atoms with E-state index in [9.17, 15) is 0 Å². The van der Waals surface area contributed by atoms with Gasteiger partial charge >= 0.3 is 0 Å². The molecule has 0 bridgehead atoms. The standard InChI is InChI=1S/C25H24Cl3N3O2/c1-32-23-12-17(14-29-10-4-7-25-30-21-5-2-3-6-22(21)31-25)19(27)13-24(23)33-15-16-8-9-18(26)20(28)11-16/h2-3,5-6,8-9,11-13,29H,4,7,10,14-15H2,1H3,(H,30,31). The van der Waals surface area contributed by atoms with Crippen molar-refractivity contribution in [2.45, 2.75) is 26.0 Å². The van der Waals surface area contributed by atoms with E-state index in [1.807, 2.05) is 36.4 Å². The van der Waals surface area contributed by atoms with E-state index >= 15 is 0 Å². The van der Waals surface area contributed by atoms with Crippen molar-refractivity contribution in [3.63, 3.8) is 0 Å². The van der Waals surface area contributed by atoms with Crippen molar-refractivity contribution in [2.75, 3.05) is 13.7 Å². The molecule has 0 aliphatic rings. The summed E-state index contributed by atoms with van der Waals surface area (Å²) in [6, 6.07) is 17.1. The van der Waals surface area contributed by atoms with Gasteiger partial charge in [-0.25, -0.2) is 4.98 Å². The average Bonchev–Trinajstić information content (AvgIpc) is 3.23. The van der Waals surface area contributed by atoms with Gasteiger partial charge in [-0.15, -0.1) is 0 Å². The first-order chi connectivity index (χ1) is 16.0. The Morgan fingerprint density at radius 3 is 2.58 bits per heavy atom. The summed E-state index contributed by atoms with van der Waals surface area (Å²) in [4.78, 5) is 7.97. The number of aromatic nitrogens is 2. The second-order valence-corrected chi connectivity index (χ2v) is 8.83. The van der Waals surface area contributed by atoms with Gasteiger partial charge in [-0.05, 0) is 54.4 Å². The van der Waals surface area contributed by atoms with Gasteiger partial charge in [0.15, 0.2) is 11.5 Å². The van der Waals surface area contributed by atoms with E-state index in [-0.39, 0.29) is 0 Å². The van der Waals surface area contributed by atoms with Crippen LogP contribution in [0.4, 0.5) is 0 Å². The summed E-state index contributed by atoms with van der Waals surface area (Å²) < 4.78 is 11.4. The molecule has 3 aromatic carbocycles. The maximum absolute atomic E-state index is 6.51. The third-order valence-corrected chi connectivity index (χ3v) is 6.32. The molecule has 0 aliphatic carbocycles. The summed E-state index contributed by atoms with van der Waals surface area (Å²) in [6.07, 6.45) is 1.83. The van der Waals surface area contributed by atoms with Crippen LogP contribution in [0.15, 0.2) is 54.6 Å². The molecule has 33 heavy (non-hydrogen) atoms. The summed E-state index contributed by atoms with van der Waals surface area (Å²) in [6.45, 7) is 1.79. The first kappa shape index (κ1) is 23.7. The monoisotopic (exact) mass is 503 g/mol. The van der Waals surface area contributed by atoms with Crippen LogP contribution in [-0.4, -0.2) is 23.6 Å². The van der Waals surface area contributed by atoms with Gasteiger partial charge in [-0.1, -0.05) is 53.0 Å². The number of nitrogens with zero attached hydrogens (tertiary/aromatic N) is 1. The van der Waals surface area contributed by atoms with Gasteiger partial charge < -0.3 is 19.8 Å². The molecule has 172 valence electrons. The molecule has 0 saturated carbocycles. The number of halogens is 3. The van der Waals surface area contributed by atoms with Gasteiger partial charge in [0.05, 0.1) is 28.2 Å². The number of ether oxygens (including phenoxy) is 2. The van der Waals surface area contributed by atoms with Gasteiger partial charge in [0.2, 0.25) is 0 Å². The minimum atomic E-state index is 0.322. The molecule has 1 heterocycles. The Balaban J connectivity index is 1.29. The highest BCUT2D eigenvalue weighted by atomic mass is 35.5. The lowest BCUT2D eigenvalue weighted by Gasteiger charge is -2.14. The summed E-state index contributed by atoms with van der Waals surface area (Å²) >= 11 is 18.6. The summed E-state index contributed by atoms with van der Waals surface area (Å²) in [7, 11) is 1.61. The Morgan fingerprint density at radius 2 is 1.79 bits per heavy atom. The molecule has 0 spiro atoms. The summed E-state index contributed by atoms with van der Waals surface area (Å²) in [5.74, 6) is 2.20. The van der Waals surface area contributed by atoms with Crippen molar-refractivity contribution in [3.8, 4) is 11.5 Å². The predicted molar refractivity (Wildman–Crippen MR) is 135 cm³/mol. The number of nitrogens with one attached hydrogen (secondary N) is 2. The topological polar surface area (TPSA) is 59.2 Å². The van der Waals surface area contributed by atoms with Crippen molar-refractivity contribution in [3.05, 3.63) is 86.6 Å². The van der Waals surface area contributed by atoms with E-state index in [2.05, 4.69) is 15.3 Å². The lowest BCUT2D eigenvalue weighted by atomic mass is 10.2. The largest absolute Gasteiger partial charge is 0.493 e. The number of aromatic amines is 1. The number of hydrogen-bond acceptors (Lipinski definition) is 4. The molecule has 8 heteroatoms. The second-order valence-electron chi connectivity index (χ2n) is 7.61. The van der Waals surface area contributed by atoms with Crippen LogP contribution in [0.2, 0.25) is 15.1 Å². The zero-order valence-corrected chi connectivity index (χ0v) is 20.4. The molecule has 0 saturated heterocycles. The van der Waals surface area contributed by atoms with E-state index in [4.69, 9.17) is 44.3 Å². The Morgan fingerprint density at radius 1 is 0.939 bits per heavy atom. The number of rotatable bonds is 10. The maximum atomic E-state index is 6.51. The first-order valence-corrected chi connectivity index (χ1v) is 11.7. The van der Waals surface area contributed by atoms with Gasteiger partial charge in [0.1, 0.15) is 12.4 Å². The highest BCUT2D eigenvalue weighted by molar-refractivity contribution is 6.42. The number of aryl methyl sites for hydroxylation is 1. The number of fused-ring (bicyclic) bond motifs is 1. The number of hydrogen-bond donors (Lipinski definition) is 2. The minimum absolute atomic E-state index is 0.322. The smallest absolute Gasteiger partial charge is 0.163 e. The fourth-order valence-corrected chi connectivity index (χ4v) is 4.04. The molecular formula is C25H24Cl3N3O2. The Labute approximate surface area is 208 Å². The van der Waals surface area contributed by atoms with E-state index in [1.165, 1.54) is 0 Å². The molecule has 0 amide bonds. The lowest BCUT2D eigenvalue weighted by molar-refractivity contribution is 0.284. The molecule has 0 aliphatic heterocycles. The number of para-hydroxylation sites is 2. The van der Waals surface area contributed by atoms with Crippen LogP contribution in [0.3, 0.4) is 0 Å². The van der Waals surface area contributed by atoms with Crippen LogP contribution in [-0.2, 0) is 19.6 Å². The van der Waals surface area contributed by atoms with Crippen molar-refractivity contribution in [1.29, 1.82) is 0 Å². The fourth-order valence-electron chi connectivity index (χ4n) is 3.50. The molecule has 2 N–H and O–H groups in total. The van der Waals surface area contributed by atoms with Gasteiger partial charge in [0.25, 0.3) is 0 Å². The molecular weight excluding hydrogens is 481 g/mol. The van der Waals surface area contributed by atoms with E-state index in [0.29, 0.717) is 39.7 Å². The van der Waals surface area contributed by atoms with E-state index in [0.717, 1.165) is 47.4 Å². The number of imidazole rings is 1. The zero-order valence-electron chi connectivity index (χ0n) is 18.1. The second kappa shape index (κ2) is 11.1. The molecule has 5 nitrogen and oxygen atoms in total. The number of H-pyrrole nitrogens is 1. The molecule has 0 fully saturated rings. The van der Waals surface area contributed by atoms with Crippen molar-refractivity contribution in [2.24, 2.45) is 0 Å². The Bertz CT molecular complexity index is 1210. The van der Waals surface area contributed by atoms with E-state index < -0.39 is 0 Å². The molecule has 1 aromatic heterocycles. The minimum Gasteiger partial charge on any atom is -0.493 e. The van der Waals surface area contributed by atoms with Gasteiger partial charge in [-0.2, -0.15) is 0 Å². The number of benzene rings is 3. The maximum Gasteiger partial charge on any atom is 0.163 e. The average molecular weight is 505 g/mol. The van der Waals surface area contributed by atoms with Crippen LogP contribution < -0.4 is 14.8 Å². The molecule has 0 atom stereocenters. The normalized spacial score (nSPS) is 11.2. The number of methoxy groups -OCH3 is 1. The van der Waals surface area contributed by atoms with E-state index in [1.54, 1.807) is 25.3 Å². The molecule has 4 rings (SSSR count). The highest BCUT2D eigenvalue weighted by Gasteiger charge is 2.12. The molecule has 4 aromatic rings. The predicted octanol–water partition coefficient (Wildman–Crippen LogP) is 6.83. The zero-order chi connectivity index (χ0) is 23.2.